The Morgan fingerprint density at radius 1 is 0.865 bits per heavy atom. The molecule has 0 amide bonds. The lowest BCUT2D eigenvalue weighted by atomic mass is 9.89. The van der Waals surface area contributed by atoms with Gasteiger partial charge in [0.25, 0.3) is 6.10 Å². The molecule has 0 aliphatic heterocycles. The largest absolute Gasteiger partial charge is 0.471 e. The Hall–Kier alpha value is -3.53. The van der Waals surface area contributed by atoms with E-state index in [-0.39, 0.29) is 0 Å². The van der Waals surface area contributed by atoms with Crippen molar-refractivity contribution in [3.8, 4) is 16.9 Å². The van der Waals surface area contributed by atoms with Gasteiger partial charge in [0, 0.05) is 6.42 Å². The number of fused-ring (bicyclic) bond motifs is 1. The van der Waals surface area contributed by atoms with E-state index in [1.165, 1.54) is 12.1 Å². The molecule has 3 aromatic carbocycles. The summed E-state index contributed by atoms with van der Waals surface area (Å²) in [6.45, 7) is 3.45. The second kappa shape index (κ2) is 9.74. The molecular weight excluding hydrogens is 498 g/mol. The first kappa shape index (κ1) is 26.5. The Morgan fingerprint density at radius 3 is 2.14 bits per heavy atom. The fourth-order valence-corrected chi connectivity index (χ4v) is 4.07. The third-order valence-corrected chi connectivity index (χ3v) is 5.85. The number of hydrogen-bond donors (Lipinski definition) is 2. The fourth-order valence-electron chi connectivity index (χ4n) is 4.07. The molecule has 0 radical (unpaired) electrons. The first-order valence-corrected chi connectivity index (χ1v) is 11.4. The minimum absolute atomic E-state index is 0.455. The highest BCUT2D eigenvalue weighted by molar-refractivity contribution is 5.83. The van der Waals surface area contributed by atoms with E-state index in [1.807, 2.05) is 42.5 Å². The first-order valence-electron chi connectivity index (χ1n) is 11.4. The molecule has 0 atom stereocenters. The Morgan fingerprint density at radius 2 is 1.51 bits per heavy atom. The molecule has 10 heteroatoms. The number of halogens is 6. The number of rotatable bonds is 7. The van der Waals surface area contributed by atoms with Gasteiger partial charge in [-0.1, -0.05) is 42.5 Å². The maximum absolute atomic E-state index is 12.7. The van der Waals surface area contributed by atoms with Crippen molar-refractivity contribution in [1.29, 1.82) is 0 Å². The van der Waals surface area contributed by atoms with E-state index in [9.17, 15) is 31.4 Å². The number of aryl methyl sites for hydroxylation is 2. The van der Waals surface area contributed by atoms with Crippen molar-refractivity contribution in [2.75, 3.05) is 0 Å². The highest BCUT2D eigenvalue weighted by Crippen LogP contribution is 2.37. The Bertz CT molecular complexity index is 1350. The summed E-state index contributed by atoms with van der Waals surface area (Å²) in [7, 11) is 0. The van der Waals surface area contributed by atoms with E-state index in [2.05, 4.69) is 14.7 Å². The summed E-state index contributed by atoms with van der Waals surface area (Å²) in [5.41, 5.74) is 3.79. The van der Waals surface area contributed by atoms with Crippen LogP contribution in [-0.2, 0) is 18.4 Å². The molecule has 0 aliphatic carbocycles. The van der Waals surface area contributed by atoms with E-state index >= 15 is 0 Å². The third-order valence-electron chi connectivity index (χ3n) is 5.85. The van der Waals surface area contributed by atoms with Gasteiger partial charge >= 0.3 is 12.4 Å². The third kappa shape index (κ3) is 6.25. The second-order valence-electron chi connectivity index (χ2n) is 9.25. The van der Waals surface area contributed by atoms with Gasteiger partial charge in [0.15, 0.2) is 0 Å². The average molecular weight is 522 g/mol. The lowest BCUT2D eigenvalue weighted by Gasteiger charge is -2.23. The zero-order valence-corrected chi connectivity index (χ0v) is 19.9. The quantitative estimate of drug-likeness (QED) is 0.254. The number of aromatic amines is 1. The number of H-pyrrole nitrogens is 1. The molecule has 37 heavy (non-hydrogen) atoms. The Balaban J connectivity index is 1.46. The smallest absolute Gasteiger partial charge is 0.434 e. The molecule has 2 N–H and O–H groups in total. The topological polar surface area (TPSA) is 58.1 Å². The van der Waals surface area contributed by atoms with E-state index < -0.39 is 29.8 Å². The van der Waals surface area contributed by atoms with Crippen LogP contribution in [0.4, 0.5) is 26.3 Å². The molecule has 0 saturated carbocycles. The predicted molar refractivity (Wildman–Crippen MR) is 127 cm³/mol. The van der Waals surface area contributed by atoms with Crippen molar-refractivity contribution in [1.82, 2.24) is 9.97 Å². The van der Waals surface area contributed by atoms with Crippen molar-refractivity contribution < 1.29 is 36.2 Å². The number of aliphatic hydroxyl groups is 1. The van der Waals surface area contributed by atoms with E-state index in [1.54, 1.807) is 13.8 Å². The fraction of sp³-hybridized carbons (Fsp3) is 0.296. The molecule has 0 fully saturated rings. The van der Waals surface area contributed by atoms with E-state index in [4.69, 9.17) is 0 Å². The zero-order valence-electron chi connectivity index (χ0n) is 19.9. The van der Waals surface area contributed by atoms with Crippen molar-refractivity contribution in [2.45, 2.75) is 50.7 Å². The van der Waals surface area contributed by atoms with Gasteiger partial charge in [0.05, 0.1) is 16.6 Å². The number of imidazole rings is 1. The van der Waals surface area contributed by atoms with E-state index in [0.717, 1.165) is 39.9 Å². The van der Waals surface area contributed by atoms with Crippen LogP contribution in [0.25, 0.3) is 22.2 Å². The van der Waals surface area contributed by atoms with Gasteiger partial charge in [-0.25, -0.2) is 4.98 Å². The van der Waals surface area contributed by atoms with Crippen LogP contribution >= 0.6 is 0 Å². The number of nitrogens with one attached hydrogen (secondary N) is 1. The molecule has 4 aromatic rings. The Labute approximate surface area is 208 Å². The maximum atomic E-state index is 12.7. The van der Waals surface area contributed by atoms with Gasteiger partial charge in [0.2, 0.25) is 0 Å². The normalized spacial score (nSPS) is 12.9. The monoisotopic (exact) mass is 522 g/mol. The highest BCUT2D eigenvalue weighted by Gasteiger charge is 2.59. The lowest BCUT2D eigenvalue weighted by Crippen LogP contribution is -2.46. The van der Waals surface area contributed by atoms with Gasteiger partial charge in [-0.05, 0) is 66.8 Å². The number of hydrogen-bond acceptors (Lipinski definition) is 3. The molecule has 196 valence electrons. The minimum atomic E-state index is -5.57. The van der Waals surface area contributed by atoms with Gasteiger partial charge in [-0.2, -0.15) is 26.3 Å². The summed E-state index contributed by atoms with van der Waals surface area (Å²) < 4.78 is 80.4. The molecule has 0 aliphatic rings. The minimum Gasteiger partial charge on any atom is -0.471 e. The predicted octanol–water partition coefficient (Wildman–Crippen LogP) is 7.11. The maximum Gasteiger partial charge on any atom is 0.434 e. The molecule has 1 aromatic heterocycles. The van der Waals surface area contributed by atoms with Crippen molar-refractivity contribution in [2.24, 2.45) is 0 Å². The first-order chi connectivity index (χ1) is 17.2. The second-order valence-corrected chi connectivity index (χ2v) is 9.25. The lowest BCUT2D eigenvalue weighted by molar-refractivity contribution is -0.299. The van der Waals surface area contributed by atoms with Crippen LogP contribution in [0.15, 0.2) is 66.7 Å². The standard InChI is InChI=1S/C27H24F6N2O2/c1-25(2,36)20-6-4-3-5-19(20)17-10-13-21-22(15-17)35-23(34-21)14-9-16-7-11-18(12-8-16)37-24(26(28,29)30)27(31,32)33/h3-8,10-13,15,24,36H,9,14H2,1-2H3,(H,34,35). The number of aromatic nitrogens is 2. The van der Waals surface area contributed by atoms with Crippen molar-refractivity contribution in [3.63, 3.8) is 0 Å². The van der Waals surface area contributed by atoms with Gasteiger partial charge in [-0.15, -0.1) is 0 Å². The molecule has 0 saturated heterocycles. The zero-order chi connectivity index (χ0) is 27.0. The highest BCUT2D eigenvalue weighted by atomic mass is 19.4. The van der Waals surface area contributed by atoms with Crippen LogP contribution in [0, 0.1) is 0 Å². The van der Waals surface area contributed by atoms with Crippen LogP contribution < -0.4 is 4.74 Å². The van der Waals surface area contributed by atoms with E-state index in [0.29, 0.717) is 24.2 Å². The molecule has 4 nitrogen and oxygen atoms in total. The molecule has 0 bridgehead atoms. The molecule has 1 heterocycles. The van der Waals surface area contributed by atoms with Gasteiger partial charge < -0.3 is 14.8 Å². The summed E-state index contributed by atoms with van der Waals surface area (Å²) in [6, 6.07) is 18.3. The van der Waals surface area contributed by atoms with Crippen LogP contribution in [0.1, 0.15) is 30.8 Å². The van der Waals surface area contributed by atoms with Crippen molar-refractivity contribution >= 4 is 11.0 Å². The number of nitrogens with zero attached hydrogens (tertiary/aromatic N) is 1. The van der Waals surface area contributed by atoms with Crippen LogP contribution in [0.5, 0.6) is 5.75 Å². The summed E-state index contributed by atoms with van der Waals surface area (Å²) in [5, 5.41) is 10.5. The molecule has 4 rings (SSSR count). The van der Waals surface area contributed by atoms with Crippen LogP contribution in [-0.4, -0.2) is 33.5 Å². The van der Waals surface area contributed by atoms with Gasteiger partial charge in [0.1, 0.15) is 11.6 Å². The number of ether oxygens (including phenoxy) is 1. The van der Waals surface area contributed by atoms with Gasteiger partial charge in [-0.3, -0.25) is 0 Å². The number of alkyl halides is 6. The Kier molecular flexibility index (Phi) is 6.98. The molecule has 0 unspecified atom stereocenters. The summed E-state index contributed by atoms with van der Waals surface area (Å²) in [4.78, 5) is 7.85. The molecular formula is C27H24F6N2O2. The summed E-state index contributed by atoms with van der Waals surface area (Å²) >= 11 is 0. The number of benzene rings is 3. The average Bonchev–Trinajstić information content (AvgIpc) is 3.22. The van der Waals surface area contributed by atoms with Crippen LogP contribution in [0.2, 0.25) is 0 Å². The summed E-state index contributed by atoms with van der Waals surface area (Å²) in [6.07, 6.45) is -14.1. The molecule has 0 spiro atoms. The van der Waals surface area contributed by atoms with Crippen LogP contribution in [0.3, 0.4) is 0 Å². The van der Waals surface area contributed by atoms with Crippen molar-refractivity contribution in [3.05, 3.63) is 83.7 Å². The summed E-state index contributed by atoms with van der Waals surface area (Å²) in [5.74, 6) is 0.156. The SMILES string of the molecule is CC(C)(O)c1ccccc1-c1ccc2[nH]c(CCc3ccc(OC(C(F)(F)F)C(F)(F)F)cc3)nc2c1.